The molecule has 28 heavy (non-hydrogen) atoms. The molecule has 0 unspecified atom stereocenters. The van der Waals surface area contributed by atoms with Crippen LogP contribution in [0.25, 0.3) is 16.6 Å². The Bertz CT molecular complexity index is 1060. The summed E-state index contributed by atoms with van der Waals surface area (Å²) in [6.07, 6.45) is 3.48. The zero-order valence-electron chi connectivity index (χ0n) is 15.0. The molecule has 0 aliphatic rings. The van der Waals surface area contributed by atoms with E-state index in [1.807, 2.05) is 60.7 Å². The molecule has 0 radical (unpaired) electrons. The number of rotatable bonds is 6. The highest BCUT2D eigenvalue weighted by atomic mass is 16.2. The Hall–Kier alpha value is -3.94. The molecular formula is C20H19N7O. The molecule has 140 valence electrons. The van der Waals surface area contributed by atoms with E-state index in [9.17, 15) is 4.79 Å². The number of nitrogens with zero attached hydrogens (tertiary/aromatic N) is 4. The van der Waals surface area contributed by atoms with Crippen LogP contribution in [0.15, 0.2) is 73.1 Å². The minimum atomic E-state index is -0.253. The summed E-state index contributed by atoms with van der Waals surface area (Å²) in [5.74, 6) is 1.27. The predicted molar refractivity (Wildman–Crippen MR) is 109 cm³/mol. The highest BCUT2D eigenvalue weighted by Gasteiger charge is 2.03. The lowest BCUT2D eigenvalue weighted by molar-refractivity contribution is 0.252. The number of hydrogen-bond donors (Lipinski definition) is 3. The molecule has 0 spiro atoms. The van der Waals surface area contributed by atoms with E-state index in [4.69, 9.17) is 0 Å². The maximum Gasteiger partial charge on any atom is 0.319 e. The second-order valence-electron chi connectivity index (χ2n) is 6.10. The van der Waals surface area contributed by atoms with E-state index in [1.54, 1.807) is 17.1 Å². The van der Waals surface area contributed by atoms with E-state index in [2.05, 4.69) is 31.2 Å². The van der Waals surface area contributed by atoms with Gasteiger partial charge in [-0.05, 0) is 41.1 Å². The lowest BCUT2D eigenvalue weighted by Crippen LogP contribution is -2.32. The molecule has 3 N–H and O–H groups in total. The van der Waals surface area contributed by atoms with Crippen LogP contribution in [0, 0.1) is 0 Å². The molecule has 0 fully saturated rings. The van der Waals surface area contributed by atoms with Gasteiger partial charge in [-0.25, -0.2) is 9.48 Å². The third-order valence-electron chi connectivity index (χ3n) is 4.11. The van der Waals surface area contributed by atoms with Crippen molar-refractivity contribution in [2.45, 2.75) is 0 Å². The summed E-state index contributed by atoms with van der Waals surface area (Å²) in [7, 11) is 0. The first-order chi connectivity index (χ1) is 13.8. The Morgan fingerprint density at radius 2 is 1.82 bits per heavy atom. The van der Waals surface area contributed by atoms with Crippen molar-refractivity contribution < 1.29 is 4.79 Å². The summed E-state index contributed by atoms with van der Waals surface area (Å²) in [4.78, 5) is 12.0. The van der Waals surface area contributed by atoms with Crippen LogP contribution in [0.3, 0.4) is 0 Å². The summed E-state index contributed by atoms with van der Waals surface area (Å²) in [6, 6.07) is 19.0. The quantitative estimate of drug-likeness (QED) is 0.451. The maximum atomic E-state index is 12.0. The van der Waals surface area contributed by atoms with E-state index < -0.39 is 0 Å². The average Bonchev–Trinajstić information content (AvgIpc) is 3.26. The number of amides is 2. The molecule has 0 atom stereocenters. The Morgan fingerprint density at radius 1 is 0.929 bits per heavy atom. The first-order valence-electron chi connectivity index (χ1n) is 8.89. The van der Waals surface area contributed by atoms with Gasteiger partial charge in [0.15, 0.2) is 5.82 Å². The smallest absolute Gasteiger partial charge is 0.319 e. The first-order valence-corrected chi connectivity index (χ1v) is 8.89. The molecule has 0 bridgehead atoms. The van der Waals surface area contributed by atoms with Crippen molar-refractivity contribution >= 4 is 28.3 Å². The standard InChI is InChI=1S/C20H19N7O/c28-20(24-17-7-6-15-4-1-2-5-16(15)14-17)22-12-11-21-18-8-9-19(26-25-18)27-13-3-10-23-27/h1-10,13-14H,11-12H2,(H,21,25)(H2,22,24,28). The van der Waals surface area contributed by atoms with Crippen LogP contribution < -0.4 is 16.0 Å². The number of benzene rings is 2. The monoisotopic (exact) mass is 373 g/mol. The fourth-order valence-corrected chi connectivity index (χ4v) is 2.76. The summed E-state index contributed by atoms with van der Waals surface area (Å²) in [5.41, 5.74) is 0.754. The van der Waals surface area contributed by atoms with E-state index in [0.29, 0.717) is 24.7 Å². The zero-order valence-corrected chi connectivity index (χ0v) is 15.0. The molecule has 2 aromatic carbocycles. The molecule has 2 aromatic heterocycles. The van der Waals surface area contributed by atoms with Crippen LogP contribution in [0.1, 0.15) is 0 Å². The molecule has 0 saturated carbocycles. The van der Waals surface area contributed by atoms with Crippen LogP contribution in [-0.2, 0) is 0 Å². The fourth-order valence-electron chi connectivity index (χ4n) is 2.76. The van der Waals surface area contributed by atoms with Crippen LogP contribution in [0.4, 0.5) is 16.3 Å². The number of carbonyl (C=O) groups excluding carboxylic acids is 1. The van der Waals surface area contributed by atoms with Gasteiger partial charge in [0.2, 0.25) is 0 Å². The van der Waals surface area contributed by atoms with Crippen molar-refractivity contribution in [1.29, 1.82) is 0 Å². The Balaban J connectivity index is 1.23. The minimum Gasteiger partial charge on any atom is -0.367 e. The van der Waals surface area contributed by atoms with Gasteiger partial charge >= 0.3 is 6.03 Å². The number of hydrogen-bond acceptors (Lipinski definition) is 5. The molecule has 2 heterocycles. The number of aromatic nitrogens is 4. The molecular weight excluding hydrogens is 354 g/mol. The first kappa shape index (κ1) is 17.5. The Morgan fingerprint density at radius 3 is 2.61 bits per heavy atom. The highest BCUT2D eigenvalue weighted by molar-refractivity contribution is 5.93. The van der Waals surface area contributed by atoms with Gasteiger partial charge in [-0.2, -0.15) is 5.10 Å². The van der Waals surface area contributed by atoms with Crippen LogP contribution in [-0.4, -0.2) is 39.1 Å². The number of carbonyl (C=O) groups is 1. The summed E-state index contributed by atoms with van der Waals surface area (Å²) in [6.45, 7) is 0.975. The normalized spacial score (nSPS) is 10.6. The second kappa shape index (κ2) is 8.17. The van der Waals surface area contributed by atoms with Gasteiger partial charge in [-0.1, -0.05) is 30.3 Å². The van der Waals surface area contributed by atoms with Crippen molar-refractivity contribution in [2.75, 3.05) is 23.7 Å². The number of nitrogens with one attached hydrogen (secondary N) is 3. The van der Waals surface area contributed by atoms with Gasteiger partial charge in [-0.15, -0.1) is 10.2 Å². The molecule has 4 rings (SSSR count). The fraction of sp³-hybridized carbons (Fsp3) is 0.100. The number of anilines is 2. The predicted octanol–water partition coefficient (Wildman–Crippen LogP) is 3.05. The molecule has 0 saturated heterocycles. The second-order valence-corrected chi connectivity index (χ2v) is 6.10. The molecule has 2 amide bonds. The van der Waals surface area contributed by atoms with Gasteiger partial charge < -0.3 is 16.0 Å². The lowest BCUT2D eigenvalue weighted by Gasteiger charge is -2.09. The van der Waals surface area contributed by atoms with Crippen molar-refractivity contribution in [3.63, 3.8) is 0 Å². The van der Waals surface area contributed by atoms with E-state index in [1.165, 1.54) is 0 Å². The van der Waals surface area contributed by atoms with E-state index in [-0.39, 0.29) is 6.03 Å². The van der Waals surface area contributed by atoms with Crippen molar-refractivity contribution in [3.05, 3.63) is 73.1 Å². The SMILES string of the molecule is O=C(NCCNc1ccc(-n2cccn2)nn1)Nc1ccc2ccccc2c1. The highest BCUT2D eigenvalue weighted by Crippen LogP contribution is 2.18. The van der Waals surface area contributed by atoms with Crippen molar-refractivity contribution in [3.8, 4) is 5.82 Å². The van der Waals surface area contributed by atoms with E-state index in [0.717, 1.165) is 16.5 Å². The van der Waals surface area contributed by atoms with Gasteiger partial charge in [0.05, 0.1) is 0 Å². The van der Waals surface area contributed by atoms with Gasteiger partial charge in [0.25, 0.3) is 0 Å². The Kier molecular flexibility index (Phi) is 5.10. The molecule has 0 aliphatic heterocycles. The number of urea groups is 1. The summed E-state index contributed by atoms with van der Waals surface area (Å²) in [5, 5.41) is 23.3. The van der Waals surface area contributed by atoms with Crippen molar-refractivity contribution in [1.82, 2.24) is 25.3 Å². The largest absolute Gasteiger partial charge is 0.367 e. The summed E-state index contributed by atoms with van der Waals surface area (Å²) >= 11 is 0. The van der Waals surface area contributed by atoms with E-state index >= 15 is 0 Å². The van der Waals surface area contributed by atoms with Crippen LogP contribution >= 0.6 is 0 Å². The van der Waals surface area contributed by atoms with Gasteiger partial charge in [0, 0.05) is 31.2 Å². The zero-order chi connectivity index (χ0) is 19.2. The third-order valence-corrected chi connectivity index (χ3v) is 4.11. The lowest BCUT2D eigenvalue weighted by atomic mass is 10.1. The minimum absolute atomic E-state index is 0.253. The maximum absolute atomic E-state index is 12.0. The third kappa shape index (κ3) is 4.24. The van der Waals surface area contributed by atoms with Crippen LogP contribution in [0.5, 0.6) is 0 Å². The average molecular weight is 373 g/mol. The van der Waals surface area contributed by atoms with Gasteiger partial charge in [0.1, 0.15) is 5.82 Å². The van der Waals surface area contributed by atoms with Crippen LogP contribution in [0.2, 0.25) is 0 Å². The summed E-state index contributed by atoms with van der Waals surface area (Å²) < 4.78 is 1.63. The molecule has 8 nitrogen and oxygen atoms in total. The Labute approximate surface area is 161 Å². The molecule has 8 heteroatoms. The van der Waals surface area contributed by atoms with Gasteiger partial charge in [-0.3, -0.25) is 0 Å². The topological polar surface area (TPSA) is 96.8 Å². The molecule has 0 aliphatic carbocycles. The molecule has 4 aromatic rings. The number of fused-ring (bicyclic) bond motifs is 1. The van der Waals surface area contributed by atoms with Crippen molar-refractivity contribution in [2.24, 2.45) is 0 Å².